The fourth-order valence-electron chi connectivity index (χ4n) is 4.08. The van der Waals surface area contributed by atoms with Crippen LogP contribution in [0.2, 0.25) is 0 Å². The zero-order chi connectivity index (χ0) is 16.8. The molecule has 2 aliphatic rings. The van der Waals surface area contributed by atoms with Crippen molar-refractivity contribution in [2.75, 3.05) is 32.8 Å². The van der Waals surface area contributed by atoms with Crippen LogP contribution >= 0.6 is 0 Å². The van der Waals surface area contributed by atoms with Crippen LogP contribution in [0.4, 0.5) is 0 Å². The van der Waals surface area contributed by atoms with Crippen LogP contribution in [-0.4, -0.2) is 37.7 Å². The van der Waals surface area contributed by atoms with E-state index in [1.165, 1.54) is 56.2 Å². The summed E-state index contributed by atoms with van der Waals surface area (Å²) >= 11 is 0. The predicted molar refractivity (Wildman–Crippen MR) is 98.7 cm³/mol. The number of benzene rings is 1. The summed E-state index contributed by atoms with van der Waals surface area (Å²) in [6, 6.07) is 6.54. The first kappa shape index (κ1) is 17.8. The Kier molecular flexibility index (Phi) is 6.56. The van der Waals surface area contributed by atoms with Crippen LogP contribution < -0.4 is 4.74 Å². The van der Waals surface area contributed by atoms with Gasteiger partial charge in [-0.3, -0.25) is 4.90 Å². The van der Waals surface area contributed by atoms with Gasteiger partial charge in [-0.25, -0.2) is 0 Å². The maximum atomic E-state index is 6.08. The van der Waals surface area contributed by atoms with E-state index in [-0.39, 0.29) is 6.10 Å². The summed E-state index contributed by atoms with van der Waals surface area (Å²) in [5, 5.41) is 0. The molecule has 0 amide bonds. The highest BCUT2D eigenvalue weighted by atomic mass is 16.5. The van der Waals surface area contributed by atoms with Crippen LogP contribution in [0.15, 0.2) is 18.2 Å². The molecule has 1 aromatic rings. The number of nitrogens with zero attached hydrogens (tertiary/aromatic N) is 1. The van der Waals surface area contributed by atoms with Gasteiger partial charge in [0, 0.05) is 13.1 Å². The third kappa shape index (κ3) is 4.73. The van der Waals surface area contributed by atoms with Gasteiger partial charge in [0.25, 0.3) is 0 Å². The van der Waals surface area contributed by atoms with Gasteiger partial charge in [-0.15, -0.1) is 0 Å². The van der Waals surface area contributed by atoms with E-state index in [1.54, 1.807) is 0 Å². The van der Waals surface area contributed by atoms with Crippen molar-refractivity contribution in [3.05, 3.63) is 29.3 Å². The third-order valence-electron chi connectivity index (χ3n) is 5.49. The van der Waals surface area contributed by atoms with Crippen LogP contribution in [-0.2, 0) is 4.74 Å². The normalized spacial score (nSPS) is 23.3. The molecule has 0 aromatic heterocycles. The quantitative estimate of drug-likeness (QED) is 0.751. The van der Waals surface area contributed by atoms with Crippen molar-refractivity contribution in [2.24, 2.45) is 5.92 Å². The van der Waals surface area contributed by atoms with E-state index in [2.05, 4.69) is 36.9 Å². The molecule has 0 bridgehead atoms. The van der Waals surface area contributed by atoms with Gasteiger partial charge in [0.05, 0.1) is 19.3 Å². The minimum Gasteiger partial charge on any atom is -0.493 e. The fourth-order valence-corrected chi connectivity index (χ4v) is 4.08. The Hall–Kier alpha value is -1.06. The van der Waals surface area contributed by atoms with E-state index in [9.17, 15) is 0 Å². The molecule has 1 atom stereocenters. The molecule has 1 heterocycles. The van der Waals surface area contributed by atoms with E-state index >= 15 is 0 Å². The summed E-state index contributed by atoms with van der Waals surface area (Å²) in [5.74, 6) is 1.77. The molecule has 1 aliphatic carbocycles. The summed E-state index contributed by atoms with van der Waals surface area (Å²) < 4.78 is 12.1. The zero-order valence-corrected chi connectivity index (χ0v) is 15.4. The first-order valence-electron chi connectivity index (χ1n) is 9.83. The Morgan fingerprint density at radius 3 is 2.79 bits per heavy atom. The predicted octanol–water partition coefficient (Wildman–Crippen LogP) is 4.74. The zero-order valence-electron chi connectivity index (χ0n) is 15.4. The van der Waals surface area contributed by atoms with Crippen LogP contribution in [0.1, 0.15) is 62.7 Å². The highest BCUT2D eigenvalue weighted by molar-refractivity contribution is 5.36. The van der Waals surface area contributed by atoms with Gasteiger partial charge in [0.2, 0.25) is 0 Å². The van der Waals surface area contributed by atoms with Gasteiger partial charge in [-0.2, -0.15) is 0 Å². The van der Waals surface area contributed by atoms with Crippen molar-refractivity contribution in [1.82, 2.24) is 4.90 Å². The summed E-state index contributed by atoms with van der Waals surface area (Å²) in [7, 11) is 0. The van der Waals surface area contributed by atoms with Gasteiger partial charge in [-0.05, 0) is 61.9 Å². The van der Waals surface area contributed by atoms with E-state index < -0.39 is 0 Å². The lowest BCUT2D eigenvalue weighted by atomic mass is 9.90. The first-order valence-corrected chi connectivity index (χ1v) is 9.83. The fraction of sp³-hybridized carbons (Fsp3) is 0.714. The molecule has 1 aromatic carbocycles. The van der Waals surface area contributed by atoms with Crippen molar-refractivity contribution in [3.63, 3.8) is 0 Å². The maximum Gasteiger partial charge on any atom is 0.119 e. The second kappa shape index (κ2) is 8.87. The topological polar surface area (TPSA) is 21.7 Å². The van der Waals surface area contributed by atoms with Gasteiger partial charge in [-0.1, -0.05) is 32.3 Å². The molecule has 1 saturated carbocycles. The largest absolute Gasteiger partial charge is 0.493 e. The minimum absolute atomic E-state index is 0.206. The SMILES string of the molecule is CCCN1CCOC(c2ccc(OCC3CCCCC3)cc2C)C1. The van der Waals surface area contributed by atoms with E-state index in [1.807, 2.05) is 0 Å². The van der Waals surface area contributed by atoms with Crippen molar-refractivity contribution in [1.29, 1.82) is 0 Å². The number of morpholine rings is 1. The average molecular weight is 332 g/mol. The number of ether oxygens (including phenoxy) is 2. The lowest BCUT2D eigenvalue weighted by Gasteiger charge is -2.33. The van der Waals surface area contributed by atoms with Crippen molar-refractivity contribution in [2.45, 2.75) is 58.5 Å². The molecule has 0 N–H and O–H groups in total. The van der Waals surface area contributed by atoms with E-state index in [4.69, 9.17) is 9.47 Å². The Labute approximate surface area is 147 Å². The summed E-state index contributed by atoms with van der Waals surface area (Å²) in [6.07, 6.45) is 8.23. The lowest BCUT2D eigenvalue weighted by Crippen LogP contribution is -2.38. The molecular formula is C21H33NO2. The molecular weight excluding hydrogens is 298 g/mol. The monoisotopic (exact) mass is 331 g/mol. The van der Waals surface area contributed by atoms with E-state index in [0.717, 1.165) is 38.0 Å². The van der Waals surface area contributed by atoms with E-state index in [0.29, 0.717) is 0 Å². The summed E-state index contributed by atoms with van der Waals surface area (Å²) in [5.41, 5.74) is 2.61. The first-order chi connectivity index (χ1) is 11.8. The van der Waals surface area contributed by atoms with Crippen molar-refractivity contribution in [3.8, 4) is 5.75 Å². The molecule has 1 saturated heterocycles. The Bertz CT molecular complexity index is 509. The molecule has 1 aliphatic heterocycles. The molecule has 134 valence electrons. The minimum atomic E-state index is 0.206. The van der Waals surface area contributed by atoms with Crippen LogP contribution in [0.5, 0.6) is 5.75 Å². The Balaban J connectivity index is 1.57. The number of rotatable bonds is 6. The second-order valence-corrected chi connectivity index (χ2v) is 7.49. The molecule has 0 radical (unpaired) electrons. The second-order valence-electron chi connectivity index (χ2n) is 7.49. The molecule has 24 heavy (non-hydrogen) atoms. The number of hydrogen-bond donors (Lipinski definition) is 0. The number of hydrogen-bond acceptors (Lipinski definition) is 3. The van der Waals surface area contributed by atoms with Gasteiger partial charge >= 0.3 is 0 Å². The number of aryl methyl sites for hydroxylation is 1. The molecule has 2 fully saturated rings. The summed E-state index contributed by atoms with van der Waals surface area (Å²) in [4.78, 5) is 2.51. The van der Waals surface area contributed by atoms with Crippen LogP contribution in [0.25, 0.3) is 0 Å². The molecule has 3 heteroatoms. The molecule has 3 rings (SSSR count). The van der Waals surface area contributed by atoms with Crippen LogP contribution in [0, 0.1) is 12.8 Å². The highest BCUT2D eigenvalue weighted by Gasteiger charge is 2.23. The maximum absolute atomic E-state index is 6.08. The molecule has 0 spiro atoms. The highest BCUT2D eigenvalue weighted by Crippen LogP contribution is 2.29. The average Bonchev–Trinajstić information content (AvgIpc) is 2.61. The lowest BCUT2D eigenvalue weighted by molar-refractivity contribution is -0.0301. The Morgan fingerprint density at radius 2 is 2.04 bits per heavy atom. The van der Waals surface area contributed by atoms with Crippen molar-refractivity contribution >= 4 is 0 Å². The van der Waals surface area contributed by atoms with Gasteiger partial charge in [0.1, 0.15) is 5.75 Å². The third-order valence-corrected chi connectivity index (χ3v) is 5.49. The Morgan fingerprint density at radius 1 is 1.21 bits per heavy atom. The van der Waals surface area contributed by atoms with Gasteiger partial charge < -0.3 is 9.47 Å². The molecule has 1 unspecified atom stereocenters. The van der Waals surface area contributed by atoms with Gasteiger partial charge in [0.15, 0.2) is 0 Å². The summed E-state index contributed by atoms with van der Waals surface area (Å²) in [6.45, 7) is 9.39. The molecule has 3 nitrogen and oxygen atoms in total. The van der Waals surface area contributed by atoms with Crippen molar-refractivity contribution < 1.29 is 9.47 Å². The standard InChI is InChI=1S/C21H33NO2/c1-3-11-22-12-13-23-21(15-22)20-10-9-19(14-17(20)2)24-16-18-7-5-4-6-8-18/h9-10,14,18,21H,3-8,11-13,15-16H2,1-2H3. The van der Waals surface area contributed by atoms with Crippen LogP contribution in [0.3, 0.4) is 0 Å². The smallest absolute Gasteiger partial charge is 0.119 e.